The van der Waals surface area contributed by atoms with E-state index in [0.29, 0.717) is 19.4 Å². The van der Waals surface area contributed by atoms with E-state index in [2.05, 4.69) is 15.3 Å². The minimum Gasteiger partial charge on any atom is -0.465 e. The number of esters is 1. The molecule has 0 spiro atoms. The van der Waals surface area contributed by atoms with Gasteiger partial charge >= 0.3 is 5.97 Å². The minimum absolute atomic E-state index is 0.000435. The second kappa shape index (κ2) is 10.4. The molecule has 0 aliphatic rings. The molecule has 1 aromatic carbocycles. The molecule has 1 heterocycles. The zero-order valence-corrected chi connectivity index (χ0v) is 15.5. The van der Waals surface area contributed by atoms with Gasteiger partial charge in [0, 0.05) is 25.2 Å². The normalized spacial score (nSPS) is 11.8. The van der Waals surface area contributed by atoms with E-state index in [1.807, 2.05) is 38.1 Å². The van der Waals surface area contributed by atoms with E-state index in [4.69, 9.17) is 4.74 Å². The van der Waals surface area contributed by atoms with E-state index in [9.17, 15) is 9.59 Å². The van der Waals surface area contributed by atoms with Crippen LogP contribution in [0.1, 0.15) is 56.1 Å². The van der Waals surface area contributed by atoms with Gasteiger partial charge in [0.15, 0.2) is 0 Å². The number of amides is 1. The molecule has 0 saturated heterocycles. The second-order valence-corrected chi connectivity index (χ2v) is 6.20. The Morgan fingerprint density at radius 3 is 2.62 bits per heavy atom. The molecule has 0 bridgehead atoms. The molecule has 0 aliphatic heterocycles. The van der Waals surface area contributed by atoms with Gasteiger partial charge in [-0.2, -0.15) is 0 Å². The lowest BCUT2D eigenvalue weighted by Crippen LogP contribution is -2.28. The summed E-state index contributed by atoms with van der Waals surface area (Å²) in [5.74, 6) is 0.603. The summed E-state index contributed by atoms with van der Waals surface area (Å²) in [6.45, 7) is 4.46. The summed E-state index contributed by atoms with van der Waals surface area (Å²) in [5.41, 5.74) is 1.94. The summed E-state index contributed by atoms with van der Waals surface area (Å²) in [5, 5.41) is 3.06. The Labute approximate surface area is 154 Å². The molecule has 26 heavy (non-hydrogen) atoms. The lowest BCUT2D eigenvalue weighted by molar-refractivity contribution is -0.142. The SMILES string of the molecule is CCCOC(=O)Cc1ccc(C(CC)NC(=O)CCc2ncc[nH]2)cc1. The van der Waals surface area contributed by atoms with Crippen LogP contribution in [0.3, 0.4) is 0 Å². The molecule has 1 atom stereocenters. The molecule has 2 rings (SSSR count). The van der Waals surface area contributed by atoms with Gasteiger partial charge in [0.1, 0.15) is 5.82 Å². The van der Waals surface area contributed by atoms with Gasteiger partial charge in [-0.25, -0.2) is 4.98 Å². The molecule has 6 heteroatoms. The van der Waals surface area contributed by atoms with Gasteiger partial charge in [-0.1, -0.05) is 38.1 Å². The van der Waals surface area contributed by atoms with Crippen molar-refractivity contribution in [2.75, 3.05) is 6.61 Å². The Kier molecular flexibility index (Phi) is 7.86. The zero-order chi connectivity index (χ0) is 18.8. The Balaban J connectivity index is 1.86. The average Bonchev–Trinajstić information content (AvgIpc) is 3.17. The maximum atomic E-state index is 12.2. The summed E-state index contributed by atoms with van der Waals surface area (Å²) < 4.78 is 5.10. The number of nitrogens with one attached hydrogen (secondary N) is 2. The van der Waals surface area contributed by atoms with Gasteiger partial charge in [-0.05, 0) is 24.0 Å². The quantitative estimate of drug-likeness (QED) is 0.640. The molecular weight excluding hydrogens is 330 g/mol. The largest absolute Gasteiger partial charge is 0.465 e. The van der Waals surface area contributed by atoms with Crippen LogP contribution in [-0.2, 0) is 27.2 Å². The zero-order valence-electron chi connectivity index (χ0n) is 15.5. The van der Waals surface area contributed by atoms with E-state index in [-0.39, 0.29) is 24.3 Å². The number of aromatic nitrogens is 2. The van der Waals surface area contributed by atoms with Crippen molar-refractivity contribution in [2.45, 2.75) is 52.0 Å². The Bertz CT molecular complexity index is 681. The first-order chi connectivity index (χ1) is 12.6. The van der Waals surface area contributed by atoms with Crippen molar-refractivity contribution in [3.8, 4) is 0 Å². The predicted molar refractivity (Wildman–Crippen MR) is 99.5 cm³/mol. The summed E-state index contributed by atoms with van der Waals surface area (Å²) in [6, 6.07) is 7.72. The van der Waals surface area contributed by atoms with Crippen LogP contribution in [0.4, 0.5) is 0 Å². The second-order valence-electron chi connectivity index (χ2n) is 6.20. The van der Waals surface area contributed by atoms with Crippen LogP contribution in [0.2, 0.25) is 0 Å². The molecule has 1 amide bonds. The summed E-state index contributed by atoms with van der Waals surface area (Å²) in [4.78, 5) is 31.0. The van der Waals surface area contributed by atoms with E-state index in [1.165, 1.54) is 0 Å². The molecule has 1 unspecified atom stereocenters. The van der Waals surface area contributed by atoms with Crippen LogP contribution in [0.15, 0.2) is 36.7 Å². The number of carbonyl (C=O) groups excluding carboxylic acids is 2. The van der Waals surface area contributed by atoms with Gasteiger partial charge < -0.3 is 15.0 Å². The standard InChI is InChI=1S/C20H27N3O3/c1-3-13-26-20(25)14-15-5-7-16(8-6-15)17(4-2)23-19(24)10-9-18-21-11-12-22-18/h5-8,11-12,17H,3-4,9-10,13-14H2,1-2H3,(H,21,22)(H,23,24). The molecule has 2 aromatic rings. The third-order valence-electron chi connectivity index (χ3n) is 4.08. The summed E-state index contributed by atoms with van der Waals surface area (Å²) in [6.07, 6.45) is 6.31. The number of hydrogen-bond acceptors (Lipinski definition) is 4. The topological polar surface area (TPSA) is 84.1 Å². The first-order valence-electron chi connectivity index (χ1n) is 9.14. The average molecular weight is 357 g/mol. The number of nitrogens with zero attached hydrogens (tertiary/aromatic N) is 1. The fourth-order valence-electron chi connectivity index (χ4n) is 2.66. The monoisotopic (exact) mass is 357 g/mol. The number of hydrogen-bond donors (Lipinski definition) is 2. The third kappa shape index (κ3) is 6.35. The number of H-pyrrole nitrogens is 1. The van der Waals surface area contributed by atoms with E-state index < -0.39 is 0 Å². The molecule has 2 N–H and O–H groups in total. The van der Waals surface area contributed by atoms with Crippen LogP contribution in [0, 0.1) is 0 Å². The summed E-state index contributed by atoms with van der Waals surface area (Å²) in [7, 11) is 0. The number of rotatable bonds is 10. The van der Waals surface area contributed by atoms with Crippen LogP contribution in [0.25, 0.3) is 0 Å². The van der Waals surface area contributed by atoms with Crippen molar-refractivity contribution in [1.29, 1.82) is 0 Å². The maximum absolute atomic E-state index is 12.2. The van der Waals surface area contributed by atoms with Crippen molar-refractivity contribution >= 4 is 11.9 Å². The smallest absolute Gasteiger partial charge is 0.310 e. The first kappa shape index (κ1) is 19.7. The maximum Gasteiger partial charge on any atom is 0.310 e. The molecule has 140 valence electrons. The lowest BCUT2D eigenvalue weighted by atomic mass is 10.0. The fourth-order valence-corrected chi connectivity index (χ4v) is 2.66. The number of carbonyl (C=O) groups is 2. The summed E-state index contributed by atoms with van der Waals surface area (Å²) >= 11 is 0. The van der Waals surface area contributed by atoms with Crippen molar-refractivity contribution in [3.05, 3.63) is 53.6 Å². The molecular formula is C20H27N3O3. The van der Waals surface area contributed by atoms with Crippen LogP contribution < -0.4 is 5.32 Å². The highest BCUT2D eigenvalue weighted by Gasteiger charge is 2.13. The van der Waals surface area contributed by atoms with Crippen LogP contribution in [-0.4, -0.2) is 28.5 Å². The third-order valence-corrected chi connectivity index (χ3v) is 4.08. The number of benzene rings is 1. The van der Waals surface area contributed by atoms with Gasteiger partial charge in [-0.15, -0.1) is 0 Å². The minimum atomic E-state index is -0.210. The fraction of sp³-hybridized carbons (Fsp3) is 0.450. The highest BCUT2D eigenvalue weighted by molar-refractivity contribution is 5.76. The highest BCUT2D eigenvalue weighted by Crippen LogP contribution is 2.18. The Hall–Kier alpha value is -2.63. The number of ether oxygens (including phenoxy) is 1. The van der Waals surface area contributed by atoms with Gasteiger partial charge in [0.25, 0.3) is 0 Å². The molecule has 0 aliphatic carbocycles. The highest BCUT2D eigenvalue weighted by atomic mass is 16.5. The first-order valence-corrected chi connectivity index (χ1v) is 9.14. The van der Waals surface area contributed by atoms with E-state index in [1.54, 1.807) is 12.4 Å². The molecule has 0 radical (unpaired) electrons. The van der Waals surface area contributed by atoms with Crippen molar-refractivity contribution in [3.63, 3.8) is 0 Å². The van der Waals surface area contributed by atoms with Crippen LogP contribution >= 0.6 is 0 Å². The lowest BCUT2D eigenvalue weighted by Gasteiger charge is -2.18. The van der Waals surface area contributed by atoms with E-state index in [0.717, 1.165) is 29.8 Å². The van der Waals surface area contributed by atoms with Crippen molar-refractivity contribution < 1.29 is 14.3 Å². The van der Waals surface area contributed by atoms with Crippen LogP contribution in [0.5, 0.6) is 0 Å². The predicted octanol–water partition coefficient (Wildman–Crippen LogP) is 3.11. The van der Waals surface area contributed by atoms with Gasteiger partial charge in [0.05, 0.1) is 19.1 Å². The van der Waals surface area contributed by atoms with Crippen molar-refractivity contribution in [1.82, 2.24) is 15.3 Å². The molecule has 1 aromatic heterocycles. The molecule has 0 saturated carbocycles. The van der Waals surface area contributed by atoms with Crippen molar-refractivity contribution in [2.24, 2.45) is 0 Å². The molecule has 6 nitrogen and oxygen atoms in total. The number of imidazole rings is 1. The number of aromatic amines is 1. The Morgan fingerprint density at radius 2 is 2.00 bits per heavy atom. The number of aryl methyl sites for hydroxylation is 1. The van der Waals surface area contributed by atoms with Gasteiger partial charge in [-0.3, -0.25) is 9.59 Å². The van der Waals surface area contributed by atoms with E-state index >= 15 is 0 Å². The van der Waals surface area contributed by atoms with Gasteiger partial charge in [0.2, 0.25) is 5.91 Å². The Morgan fingerprint density at radius 1 is 1.23 bits per heavy atom. The molecule has 0 fully saturated rings.